The standard InChI is InChI=1S/C27H23Cl2N5O5S/c1-18-13-20(19(2)33(18)26-14-21(28)11-12-25(26)29)16-30-31-27(35)17-32(22-7-6-8-23(15-22)34(36)37)40(38,39)24-9-4-3-5-10-24/h3-16H,17H2,1-2H3,(H,31,35)/b30-16+. The van der Waals surface area contributed by atoms with E-state index in [0.29, 0.717) is 21.3 Å². The highest BCUT2D eigenvalue weighted by Crippen LogP contribution is 2.29. The van der Waals surface area contributed by atoms with Crippen LogP contribution in [0.2, 0.25) is 10.0 Å². The van der Waals surface area contributed by atoms with Crippen molar-refractivity contribution in [2.24, 2.45) is 5.10 Å². The van der Waals surface area contributed by atoms with Gasteiger partial charge >= 0.3 is 0 Å². The molecule has 1 amide bonds. The van der Waals surface area contributed by atoms with Crippen molar-refractivity contribution >= 4 is 56.7 Å². The number of aryl methyl sites for hydroxylation is 1. The van der Waals surface area contributed by atoms with Gasteiger partial charge in [-0.05, 0) is 56.3 Å². The molecule has 40 heavy (non-hydrogen) atoms. The van der Waals surface area contributed by atoms with Crippen molar-refractivity contribution in [2.75, 3.05) is 10.8 Å². The predicted molar refractivity (Wildman–Crippen MR) is 155 cm³/mol. The number of nitro benzene ring substituents is 1. The molecule has 0 unspecified atom stereocenters. The second-order valence-corrected chi connectivity index (χ2v) is 11.4. The fourth-order valence-electron chi connectivity index (χ4n) is 4.08. The van der Waals surface area contributed by atoms with Crippen LogP contribution in [-0.4, -0.2) is 36.6 Å². The summed E-state index contributed by atoms with van der Waals surface area (Å²) in [5, 5.41) is 16.3. The summed E-state index contributed by atoms with van der Waals surface area (Å²) in [5.41, 5.74) is 4.98. The van der Waals surface area contributed by atoms with Crippen LogP contribution in [-0.2, 0) is 14.8 Å². The highest BCUT2D eigenvalue weighted by Gasteiger charge is 2.28. The van der Waals surface area contributed by atoms with E-state index in [0.717, 1.165) is 21.8 Å². The third-order valence-corrected chi connectivity index (χ3v) is 8.30. The van der Waals surface area contributed by atoms with Gasteiger partial charge in [-0.1, -0.05) is 47.5 Å². The van der Waals surface area contributed by atoms with Crippen LogP contribution in [0.1, 0.15) is 17.0 Å². The lowest BCUT2D eigenvalue weighted by atomic mass is 10.2. The zero-order valence-electron chi connectivity index (χ0n) is 21.3. The maximum absolute atomic E-state index is 13.4. The Hall–Kier alpha value is -4.19. The van der Waals surface area contributed by atoms with Gasteiger partial charge in [0.25, 0.3) is 21.6 Å². The molecule has 0 aliphatic carbocycles. The van der Waals surface area contributed by atoms with E-state index in [9.17, 15) is 23.3 Å². The minimum atomic E-state index is -4.24. The number of amides is 1. The van der Waals surface area contributed by atoms with Gasteiger partial charge in [-0.25, -0.2) is 13.8 Å². The monoisotopic (exact) mass is 599 g/mol. The summed E-state index contributed by atoms with van der Waals surface area (Å²) in [6.07, 6.45) is 1.43. The van der Waals surface area contributed by atoms with Gasteiger partial charge in [0.1, 0.15) is 6.54 Å². The fraction of sp³-hybridized carbons (Fsp3) is 0.111. The number of carbonyl (C=O) groups is 1. The first-order valence-electron chi connectivity index (χ1n) is 11.8. The first-order valence-corrected chi connectivity index (χ1v) is 14.0. The number of nitrogens with zero attached hydrogens (tertiary/aromatic N) is 4. The number of non-ortho nitro benzene ring substituents is 1. The topological polar surface area (TPSA) is 127 Å². The Morgan fingerprint density at radius 2 is 1.77 bits per heavy atom. The molecule has 0 atom stereocenters. The summed E-state index contributed by atoms with van der Waals surface area (Å²) in [6, 6.07) is 19.5. The van der Waals surface area contributed by atoms with Crippen LogP contribution in [0.4, 0.5) is 11.4 Å². The molecular weight excluding hydrogens is 577 g/mol. The minimum Gasteiger partial charge on any atom is -0.316 e. The van der Waals surface area contributed by atoms with Crippen molar-refractivity contribution in [3.05, 3.63) is 116 Å². The average Bonchev–Trinajstić information content (AvgIpc) is 3.21. The van der Waals surface area contributed by atoms with Gasteiger partial charge in [0.2, 0.25) is 0 Å². The van der Waals surface area contributed by atoms with Gasteiger partial charge in [0.05, 0.1) is 32.4 Å². The minimum absolute atomic E-state index is 0.0425. The summed E-state index contributed by atoms with van der Waals surface area (Å²) in [6.45, 7) is 3.06. The molecule has 13 heteroatoms. The summed E-state index contributed by atoms with van der Waals surface area (Å²) in [4.78, 5) is 23.4. The maximum Gasteiger partial charge on any atom is 0.271 e. The van der Waals surface area contributed by atoms with Crippen molar-refractivity contribution in [1.29, 1.82) is 0 Å². The van der Waals surface area contributed by atoms with Crippen LogP contribution in [0, 0.1) is 24.0 Å². The molecule has 0 fully saturated rings. The third-order valence-electron chi connectivity index (χ3n) is 5.96. The number of carbonyl (C=O) groups excluding carboxylic acids is 1. The maximum atomic E-state index is 13.4. The van der Waals surface area contributed by atoms with Crippen molar-refractivity contribution in [2.45, 2.75) is 18.7 Å². The number of nitro groups is 1. The number of nitrogens with one attached hydrogen (secondary N) is 1. The predicted octanol–water partition coefficient (Wildman–Crippen LogP) is 5.65. The summed E-state index contributed by atoms with van der Waals surface area (Å²) >= 11 is 12.5. The SMILES string of the molecule is Cc1cc(/C=N/NC(=O)CN(c2cccc([N+](=O)[O-])c2)S(=O)(=O)c2ccccc2)c(C)n1-c1cc(Cl)ccc1Cl. The van der Waals surface area contributed by atoms with Crippen molar-refractivity contribution in [3.63, 3.8) is 0 Å². The molecule has 206 valence electrons. The van der Waals surface area contributed by atoms with Crippen molar-refractivity contribution < 1.29 is 18.1 Å². The molecule has 0 radical (unpaired) electrons. The Kier molecular flexibility index (Phi) is 8.58. The number of hydrogen-bond donors (Lipinski definition) is 1. The van der Waals surface area contributed by atoms with Crippen LogP contribution < -0.4 is 9.73 Å². The van der Waals surface area contributed by atoms with Gasteiger partial charge < -0.3 is 4.57 Å². The molecular formula is C27H23Cl2N5O5S. The molecule has 1 heterocycles. The Labute approximate surface area is 240 Å². The number of hydrogen-bond acceptors (Lipinski definition) is 6. The summed E-state index contributed by atoms with van der Waals surface area (Å²) in [5.74, 6) is -0.756. The lowest BCUT2D eigenvalue weighted by molar-refractivity contribution is -0.384. The number of halogens is 2. The van der Waals surface area contributed by atoms with Gasteiger partial charge in [-0.15, -0.1) is 0 Å². The van der Waals surface area contributed by atoms with E-state index >= 15 is 0 Å². The first-order chi connectivity index (χ1) is 19.0. The van der Waals surface area contributed by atoms with Crippen LogP contribution in [0.15, 0.2) is 88.9 Å². The molecule has 4 aromatic rings. The lowest BCUT2D eigenvalue weighted by Gasteiger charge is -2.23. The van der Waals surface area contributed by atoms with E-state index in [-0.39, 0.29) is 16.3 Å². The largest absolute Gasteiger partial charge is 0.316 e. The summed E-state index contributed by atoms with van der Waals surface area (Å²) < 4.78 is 29.6. The molecule has 0 aliphatic heterocycles. The zero-order chi connectivity index (χ0) is 29.0. The molecule has 1 N–H and O–H groups in total. The van der Waals surface area contributed by atoms with Crippen LogP contribution in [0.25, 0.3) is 5.69 Å². The van der Waals surface area contributed by atoms with E-state index in [1.807, 2.05) is 24.5 Å². The number of benzene rings is 3. The zero-order valence-corrected chi connectivity index (χ0v) is 23.6. The fourth-order valence-corrected chi connectivity index (χ4v) is 5.88. The highest BCUT2D eigenvalue weighted by atomic mass is 35.5. The number of rotatable bonds is 9. The van der Waals surface area contributed by atoms with Crippen LogP contribution >= 0.6 is 23.2 Å². The molecule has 0 saturated carbocycles. The molecule has 1 aromatic heterocycles. The summed E-state index contributed by atoms with van der Waals surface area (Å²) in [7, 11) is -4.24. The second-order valence-electron chi connectivity index (χ2n) is 8.65. The molecule has 0 saturated heterocycles. The van der Waals surface area contributed by atoms with Crippen LogP contribution in [0.3, 0.4) is 0 Å². The number of anilines is 1. The van der Waals surface area contributed by atoms with E-state index in [1.54, 1.807) is 24.3 Å². The van der Waals surface area contributed by atoms with E-state index in [2.05, 4.69) is 10.5 Å². The highest BCUT2D eigenvalue weighted by molar-refractivity contribution is 7.92. The van der Waals surface area contributed by atoms with Crippen molar-refractivity contribution in [1.82, 2.24) is 9.99 Å². The molecule has 3 aromatic carbocycles. The molecule has 0 spiro atoms. The number of aromatic nitrogens is 1. The van der Waals surface area contributed by atoms with E-state index in [1.165, 1.54) is 48.7 Å². The Morgan fingerprint density at radius 3 is 2.48 bits per heavy atom. The number of sulfonamides is 1. The molecule has 10 nitrogen and oxygen atoms in total. The smallest absolute Gasteiger partial charge is 0.271 e. The normalized spacial score (nSPS) is 11.5. The molecule has 0 aliphatic rings. The van der Waals surface area contributed by atoms with Crippen molar-refractivity contribution in [3.8, 4) is 5.69 Å². The quantitative estimate of drug-likeness (QED) is 0.151. The van der Waals surface area contributed by atoms with E-state index in [4.69, 9.17) is 23.2 Å². The average molecular weight is 600 g/mol. The lowest BCUT2D eigenvalue weighted by Crippen LogP contribution is -2.39. The molecule has 0 bridgehead atoms. The molecule has 4 rings (SSSR count). The first kappa shape index (κ1) is 28.8. The third kappa shape index (κ3) is 6.17. The Morgan fingerprint density at radius 1 is 1.05 bits per heavy atom. The Bertz CT molecular complexity index is 1720. The van der Waals surface area contributed by atoms with E-state index < -0.39 is 27.4 Å². The van der Waals surface area contributed by atoms with Gasteiger partial charge in [0, 0.05) is 34.1 Å². The second kappa shape index (κ2) is 11.9. The Balaban J connectivity index is 1.59. The van der Waals surface area contributed by atoms with Gasteiger partial charge in [0.15, 0.2) is 0 Å². The van der Waals surface area contributed by atoms with Gasteiger partial charge in [-0.2, -0.15) is 5.10 Å². The van der Waals surface area contributed by atoms with Gasteiger partial charge in [-0.3, -0.25) is 19.2 Å². The van der Waals surface area contributed by atoms with Crippen LogP contribution in [0.5, 0.6) is 0 Å². The number of hydrazone groups is 1.